The van der Waals surface area contributed by atoms with Gasteiger partial charge in [-0.1, -0.05) is 6.07 Å². The second-order valence-electron chi connectivity index (χ2n) is 8.67. The van der Waals surface area contributed by atoms with Crippen LogP contribution in [0.3, 0.4) is 0 Å². The zero-order valence-electron chi connectivity index (χ0n) is 18.5. The Morgan fingerprint density at radius 3 is 2.15 bits per heavy atom. The van der Waals surface area contributed by atoms with Crippen LogP contribution in [0.15, 0.2) is 41.8 Å². The summed E-state index contributed by atoms with van der Waals surface area (Å²) in [4.78, 5) is 42.7. The lowest BCUT2D eigenvalue weighted by Gasteiger charge is -2.37. The van der Waals surface area contributed by atoms with E-state index in [4.69, 9.17) is 0 Å². The van der Waals surface area contributed by atoms with Crippen molar-refractivity contribution in [3.63, 3.8) is 0 Å². The number of thiophene rings is 1. The third-order valence-electron chi connectivity index (χ3n) is 6.47. The molecule has 182 valence electrons. The fraction of sp³-hybridized carbons (Fsp3) is 0.458. The number of amides is 3. The maximum absolute atomic E-state index is 13.2. The number of rotatable bonds is 5. The van der Waals surface area contributed by atoms with Crippen molar-refractivity contribution in [1.29, 1.82) is 0 Å². The van der Waals surface area contributed by atoms with Gasteiger partial charge in [-0.3, -0.25) is 14.4 Å². The van der Waals surface area contributed by atoms with E-state index in [1.165, 1.54) is 23.5 Å². The summed E-state index contributed by atoms with van der Waals surface area (Å²) in [5.41, 5.74) is -0.602. The van der Waals surface area contributed by atoms with E-state index in [1.807, 2.05) is 0 Å². The number of hydrogen-bond acceptors (Lipinski definition) is 4. The van der Waals surface area contributed by atoms with Gasteiger partial charge in [-0.2, -0.15) is 13.2 Å². The van der Waals surface area contributed by atoms with E-state index in [-0.39, 0.29) is 29.2 Å². The Kier molecular flexibility index (Phi) is 7.25. The number of hydrogen-bond donors (Lipinski definition) is 1. The Balaban J connectivity index is 1.42. The van der Waals surface area contributed by atoms with Crippen molar-refractivity contribution in [3.8, 4) is 0 Å². The van der Waals surface area contributed by atoms with E-state index < -0.39 is 17.8 Å². The number of benzene rings is 1. The second kappa shape index (κ2) is 10.2. The minimum absolute atomic E-state index is 0.0880. The molecule has 0 bridgehead atoms. The van der Waals surface area contributed by atoms with Crippen molar-refractivity contribution < 1.29 is 27.6 Å². The quantitative estimate of drug-likeness (QED) is 0.684. The molecule has 10 heteroatoms. The number of halogens is 3. The summed E-state index contributed by atoms with van der Waals surface area (Å²) in [5, 5.41) is 4.74. The van der Waals surface area contributed by atoms with Crippen molar-refractivity contribution in [2.24, 2.45) is 5.92 Å². The van der Waals surface area contributed by atoms with E-state index in [0.717, 1.165) is 25.0 Å². The van der Waals surface area contributed by atoms with Gasteiger partial charge in [0, 0.05) is 31.7 Å². The molecular formula is C24H26F3N3O3S. The molecule has 6 nitrogen and oxygen atoms in total. The van der Waals surface area contributed by atoms with E-state index in [2.05, 4.69) is 5.32 Å². The summed E-state index contributed by atoms with van der Waals surface area (Å²) >= 11 is 1.31. The molecule has 2 aromatic rings. The van der Waals surface area contributed by atoms with Gasteiger partial charge in [0.1, 0.15) is 6.04 Å². The van der Waals surface area contributed by atoms with Crippen LogP contribution in [0.1, 0.15) is 51.3 Å². The molecule has 2 aliphatic heterocycles. The molecule has 0 saturated carbocycles. The highest BCUT2D eigenvalue weighted by molar-refractivity contribution is 7.12. The van der Waals surface area contributed by atoms with Crippen LogP contribution < -0.4 is 5.32 Å². The SMILES string of the molecule is O=C(N[C@H](C(=O)N1CCCC1)C1CCN(C(=O)c2ccc(C(F)(F)F)cc2)CC1)c1cccs1. The summed E-state index contributed by atoms with van der Waals surface area (Å²) in [5.74, 6) is -0.836. The second-order valence-corrected chi connectivity index (χ2v) is 9.61. The number of alkyl halides is 3. The lowest BCUT2D eigenvalue weighted by Crippen LogP contribution is -2.54. The summed E-state index contributed by atoms with van der Waals surface area (Å²) in [6.45, 7) is 2.08. The topological polar surface area (TPSA) is 69.7 Å². The average Bonchev–Trinajstić information content (AvgIpc) is 3.56. The molecule has 2 saturated heterocycles. The third kappa shape index (κ3) is 5.43. The maximum Gasteiger partial charge on any atom is 0.416 e. The van der Waals surface area contributed by atoms with Crippen molar-refractivity contribution in [3.05, 3.63) is 57.8 Å². The predicted octanol–water partition coefficient (Wildman–Crippen LogP) is 4.04. The van der Waals surface area contributed by atoms with Gasteiger partial charge in [0.05, 0.1) is 10.4 Å². The number of carbonyl (C=O) groups excluding carboxylic acids is 3. The van der Waals surface area contributed by atoms with E-state index in [9.17, 15) is 27.6 Å². The van der Waals surface area contributed by atoms with Crippen LogP contribution in [-0.2, 0) is 11.0 Å². The molecule has 34 heavy (non-hydrogen) atoms. The molecule has 0 unspecified atom stereocenters. The first kappa shape index (κ1) is 24.3. The van der Waals surface area contributed by atoms with Crippen LogP contribution >= 0.6 is 11.3 Å². The number of nitrogens with zero attached hydrogens (tertiary/aromatic N) is 2. The Bertz CT molecular complexity index is 1010. The molecule has 2 aliphatic rings. The molecule has 1 aromatic carbocycles. The molecule has 3 heterocycles. The molecule has 1 N–H and O–H groups in total. The number of likely N-dealkylation sites (tertiary alicyclic amines) is 2. The van der Waals surface area contributed by atoms with Crippen LogP contribution in [0.5, 0.6) is 0 Å². The van der Waals surface area contributed by atoms with Crippen LogP contribution in [0.2, 0.25) is 0 Å². The zero-order chi connectivity index (χ0) is 24.3. The first-order valence-corrected chi connectivity index (χ1v) is 12.2. The smallest absolute Gasteiger partial charge is 0.341 e. The van der Waals surface area contributed by atoms with Gasteiger partial charge in [-0.15, -0.1) is 11.3 Å². The van der Waals surface area contributed by atoms with E-state index in [1.54, 1.807) is 27.3 Å². The average molecular weight is 494 g/mol. The Morgan fingerprint density at radius 2 is 1.59 bits per heavy atom. The predicted molar refractivity (Wildman–Crippen MR) is 121 cm³/mol. The third-order valence-corrected chi connectivity index (χ3v) is 7.34. The minimum atomic E-state index is -4.45. The monoisotopic (exact) mass is 493 g/mol. The zero-order valence-corrected chi connectivity index (χ0v) is 19.3. The molecule has 0 spiro atoms. The lowest BCUT2D eigenvalue weighted by molar-refractivity contribution is -0.137. The van der Waals surface area contributed by atoms with Crippen molar-refractivity contribution >= 4 is 29.1 Å². The molecular weight excluding hydrogens is 467 g/mol. The highest BCUT2D eigenvalue weighted by Crippen LogP contribution is 2.30. The highest BCUT2D eigenvalue weighted by atomic mass is 32.1. The molecule has 3 amide bonds. The largest absolute Gasteiger partial charge is 0.416 e. The van der Waals surface area contributed by atoms with Gasteiger partial charge in [-0.05, 0) is 67.3 Å². The fourth-order valence-corrected chi connectivity index (χ4v) is 5.18. The molecule has 0 radical (unpaired) electrons. The fourth-order valence-electron chi connectivity index (χ4n) is 4.56. The van der Waals surface area contributed by atoms with Crippen LogP contribution in [0, 0.1) is 5.92 Å². The molecule has 1 aromatic heterocycles. The number of piperidine rings is 1. The number of nitrogens with one attached hydrogen (secondary N) is 1. The molecule has 0 aliphatic carbocycles. The normalized spacial score (nSPS) is 18.1. The van der Waals surface area contributed by atoms with E-state index >= 15 is 0 Å². The first-order chi connectivity index (χ1) is 16.2. The summed E-state index contributed by atoms with van der Waals surface area (Å²) in [7, 11) is 0. The van der Waals surface area contributed by atoms with Crippen LogP contribution in [0.25, 0.3) is 0 Å². The van der Waals surface area contributed by atoms with Gasteiger partial charge in [-0.25, -0.2) is 0 Å². The van der Waals surface area contributed by atoms with Gasteiger partial charge < -0.3 is 15.1 Å². The lowest BCUT2D eigenvalue weighted by atomic mass is 9.88. The Morgan fingerprint density at radius 1 is 0.941 bits per heavy atom. The standard InChI is InChI=1S/C24H26F3N3O3S/c25-24(26,27)18-7-5-17(6-8-18)22(32)30-13-9-16(10-14-30)20(23(33)29-11-1-2-12-29)28-21(31)19-4-3-15-34-19/h3-8,15-16,20H,1-2,9-14H2,(H,28,31)/t20-/m0/s1. The van der Waals surface area contributed by atoms with Crippen LogP contribution in [0.4, 0.5) is 13.2 Å². The van der Waals surface area contributed by atoms with Crippen LogP contribution in [-0.4, -0.2) is 59.7 Å². The van der Waals surface area contributed by atoms with Gasteiger partial charge >= 0.3 is 6.18 Å². The molecule has 2 fully saturated rings. The Hall–Kier alpha value is -2.88. The van der Waals surface area contributed by atoms with Gasteiger partial charge in [0.15, 0.2) is 0 Å². The van der Waals surface area contributed by atoms with E-state index in [0.29, 0.717) is 43.9 Å². The Labute approximate surface area is 199 Å². The minimum Gasteiger partial charge on any atom is -0.341 e. The van der Waals surface area contributed by atoms with Gasteiger partial charge in [0.25, 0.3) is 11.8 Å². The van der Waals surface area contributed by atoms with Crippen molar-refractivity contribution in [1.82, 2.24) is 15.1 Å². The van der Waals surface area contributed by atoms with Crippen molar-refractivity contribution in [2.75, 3.05) is 26.2 Å². The summed E-state index contributed by atoms with van der Waals surface area (Å²) in [6.07, 6.45) is -1.54. The first-order valence-electron chi connectivity index (χ1n) is 11.3. The summed E-state index contributed by atoms with van der Waals surface area (Å²) in [6, 6.07) is 7.02. The maximum atomic E-state index is 13.2. The summed E-state index contributed by atoms with van der Waals surface area (Å²) < 4.78 is 38.4. The van der Waals surface area contributed by atoms with Gasteiger partial charge in [0.2, 0.25) is 5.91 Å². The van der Waals surface area contributed by atoms with Crippen molar-refractivity contribution in [2.45, 2.75) is 37.9 Å². The molecule has 4 rings (SSSR count). The number of carbonyl (C=O) groups is 3. The highest BCUT2D eigenvalue weighted by Gasteiger charge is 2.37. The molecule has 1 atom stereocenters.